The van der Waals surface area contributed by atoms with Crippen molar-refractivity contribution in [3.05, 3.63) is 119 Å². The number of ether oxygens (including phenoxy) is 1. The van der Waals surface area contributed by atoms with E-state index >= 15 is 0 Å². The zero-order valence-electron chi connectivity index (χ0n) is 21.7. The topological polar surface area (TPSA) is 99.6 Å². The molecule has 0 N–H and O–H groups in total. The predicted molar refractivity (Wildman–Crippen MR) is 164 cm³/mol. The van der Waals surface area contributed by atoms with Gasteiger partial charge in [0.05, 0.1) is 26.5 Å². The summed E-state index contributed by atoms with van der Waals surface area (Å²) in [5.74, 6) is 0.593. The minimum Gasteiger partial charge on any atom is -0.481 e. The molecule has 0 radical (unpaired) electrons. The van der Waals surface area contributed by atoms with Crippen LogP contribution in [0.15, 0.2) is 91.6 Å². The molecule has 0 spiro atoms. The van der Waals surface area contributed by atoms with Crippen molar-refractivity contribution in [2.45, 2.75) is 32.8 Å². The first-order valence-corrected chi connectivity index (χ1v) is 14.2. The smallest absolute Gasteiger partial charge is 0.312 e. The molecule has 1 atom stereocenters. The molecular formula is C30H24Br2N4O4. The molecule has 1 heterocycles. The lowest BCUT2D eigenvalue weighted by Gasteiger charge is -2.14. The molecule has 0 unspecified atom stereocenters. The van der Waals surface area contributed by atoms with Crippen LogP contribution in [-0.2, 0) is 6.61 Å². The third-order valence-corrected chi connectivity index (χ3v) is 7.79. The first-order chi connectivity index (χ1) is 19.3. The summed E-state index contributed by atoms with van der Waals surface area (Å²) in [5.41, 5.74) is 1.39. The number of nitro groups is 1. The van der Waals surface area contributed by atoms with Crippen molar-refractivity contribution in [3.63, 3.8) is 0 Å². The maximum Gasteiger partial charge on any atom is 0.312 e. The molecule has 0 aliphatic carbocycles. The summed E-state index contributed by atoms with van der Waals surface area (Å²) in [7, 11) is 0. The number of nitrogens with zero attached hydrogens (tertiary/aromatic N) is 4. The zero-order valence-corrected chi connectivity index (χ0v) is 24.8. The highest BCUT2D eigenvalue weighted by Gasteiger charge is 2.21. The fourth-order valence-electron chi connectivity index (χ4n) is 4.42. The Balaban J connectivity index is 1.52. The van der Waals surface area contributed by atoms with E-state index in [1.165, 1.54) is 17.0 Å². The molecule has 202 valence electrons. The summed E-state index contributed by atoms with van der Waals surface area (Å²) >= 11 is 6.85. The van der Waals surface area contributed by atoms with Gasteiger partial charge in [-0.15, -0.1) is 0 Å². The average molecular weight is 664 g/mol. The molecule has 5 rings (SSSR count). The monoisotopic (exact) mass is 662 g/mol. The van der Waals surface area contributed by atoms with Crippen molar-refractivity contribution in [1.82, 2.24) is 9.66 Å². The summed E-state index contributed by atoms with van der Waals surface area (Å²) in [6.45, 7) is 4.14. The van der Waals surface area contributed by atoms with Crippen molar-refractivity contribution < 1.29 is 9.66 Å². The van der Waals surface area contributed by atoms with Crippen LogP contribution in [0.1, 0.15) is 43.1 Å². The normalized spacial score (nSPS) is 12.3. The lowest BCUT2D eigenvalue weighted by molar-refractivity contribution is -0.386. The van der Waals surface area contributed by atoms with Gasteiger partial charge in [-0.1, -0.05) is 72.2 Å². The summed E-state index contributed by atoms with van der Waals surface area (Å²) in [5, 5.41) is 19.0. The highest BCUT2D eigenvalue weighted by Crippen LogP contribution is 2.37. The first kappa shape index (κ1) is 27.7. The van der Waals surface area contributed by atoms with Gasteiger partial charge in [0.1, 0.15) is 12.4 Å². The minimum atomic E-state index is -0.494. The second-order valence-electron chi connectivity index (χ2n) is 9.34. The molecule has 0 saturated heterocycles. The number of aromatic nitrogens is 2. The van der Waals surface area contributed by atoms with E-state index < -0.39 is 4.92 Å². The van der Waals surface area contributed by atoms with Crippen LogP contribution < -0.4 is 10.3 Å². The molecule has 10 heteroatoms. The van der Waals surface area contributed by atoms with E-state index in [1.54, 1.807) is 18.2 Å². The molecule has 40 heavy (non-hydrogen) atoms. The first-order valence-electron chi connectivity index (χ1n) is 12.6. The number of nitro benzene ring substituents is 1. The second-order valence-corrected chi connectivity index (χ2v) is 11.1. The van der Waals surface area contributed by atoms with Gasteiger partial charge in [0.25, 0.3) is 5.56 Å². The molecule has 0 amide bonds. The molecule has 8 nitrogen and oxygen atoms in total. The Morgan fingerprint density at radius 1 is 1.07 bits per heavy atom. The van der Waals surface area contributed by atoms with Gasteiger partial charge >= 0.3 is 5.69 Å². The fraction of sp³-hybridized carbons (Fsp3) is 0.167. The van der Waals surface area contributed by atoms with Gasteiger partial charge in [-0.25, -0.2) is 4.98 Å². The highest BCUT2D eigenvalue weighted by atomic mass is 79.9. The van der Waals surface area contributed by atoms with Gasteiger partial charge in [0.2, 0.25) is 5.75 Å². The quantitative estimate of drug-likeness (QED) is 0.0953. The number of hydrogen-bond acceptors (Lipinski definition) is 6. The molecule has 5 aromatic rings. The summed E-state index contributed by atoms with van der Waals surface area (Å²) in [4.78, 5) is 29.6. The maximum absolute atomic E-state index is 13.4. The van der Waals surface area contributed by atoms with Gasteiger partial charge < -0.3 is 4.74 Å². The Hall–Kier alpha value is -3.89. The Bertz CT molecular complexity index is 1850. The summed E-state index contributed by atoms with van der Waals surface area (Å²) < 4.78 is 8.41. The maximum atomic E-state index is 13.4. The molecule has 0 fully saturated rings. The summed E-state index contributed by atoms with van der Waals surface area (Å²) in [6.07, 6.45) is 2.18. The minimum absolute atomic E-state index is 0.0381. The molecule has 4 aromatic carbocycles. The molecular weight excluding hydrogens is 640 g/mol. The van der Waals surface area contributed by atoms with Crippen LogP contribution in [0.25, 0.3) is 21.7 Å². The van der Waals surface area contributed by atoms with Crippen molar-refractivity contribution in [1.29, 1.82) is 0 Å². The number of halogens is 2. The number of fused-ring (bicyclic) bond motifs is 2. The third kappa shape index (κ3) is 5.55. The zero-order chi connectivity index (χ0) is 28.4. The lowest BCUT2D eigenvalue weighted by atomic mass is 10.1. The molecule has 0 bridgehead atoms. The Morgan fingerprint density at radius 2 is 1.85 bits per heavy atom. The standard InChI is InChI=1S/C30H24Br2N4O4/c1-3-18(2)29-34-26-12-11-22(31)15-24(26)30(37)35(29)33-16-19-13-25(32)28(27(14-19)36(38)39)40-17-21-9-6-8-20-7-4-5-10-23(20)21/h4-16,18H,3,17H2,1-2H3/t18-/m1/s1. The number of rotatable bonds is 8. The van der Waals surface area contributed by atoms with E-state index in [2.05, 4.69) is 37.0 Å². The van der Waals surface area contributed by atoms with E-state index in [0.29, 0.717) is 26.8 Å². The largest absolute Gasteiger partial charge is 0.481 e. The third-order valence-electron chi connectivity index (χ3n) is 6.70. The lowest BCUT2D eigenvalue weighted by Crippen LogP contribution is -2.23. The van der Waals surface area contributed by atoms with Gasteiger partial charge in [-0.05, 0) is 63.0 Å². The predicted octanol–water partition coefficient (Wildman–Crippen LogP) is 7.96. The van der Waals surface area contributed by atoms with Crippen LogP contribution in [0.4, 0.5) is 5.69 Å². The Kier molecular flexibility index (Phi) is 8.09. The van der Waals surface area contributed by atoms with Crippen molar-refractivity contribution in [2.75, 3.05) is 0 Å². The molecule has 0 aliphatic rings. The Morgan fingerprint density at radius 3 is 2.62 bits per heavy atom. The van der Waals surface area contributed by atoms with E-state index in [-0.39, 0.29) is 29.5 Å². The van der Waals surface area contributed by atoms with Gasteiger partial charge in [0, 0.05) is 22.0 Å². The summed E-state index contributed by atoms with van der Waals surface area (Å²) in [6, 6.07) is 22.2. The molecule has 0 saturated carbocycles. The fourth-order valence-corrected chi connectivity index (χ4v) is 5.37. The molecule has 1 aromatic heterocycles. The SMILES string of the molecule is CC[C@@H](C)c1nc2ccc(Br)cc2c(=O)n1N=Cc1cc(Br)c(OCc2cccc3ccccc23)c([N+](=O)[O-])c1. The van der Waals surface area contributed by atoms with Crippen LogP contribution in [0.5, 0.6) is 5.75 Å². The number of benzene rings is 4. The van der Waals surface area contributed by atoms with Crippen molar-refractivity contribution >= 4 is 65.4 Å². The van der Waals surface area contributed by atoms with Gasteiger partial charge in [-0.2, -0.15) is 9.78 Å². The van der Waals surface area contributed by atoms with Crippen LogP contribution in [0, 0.1) is 10.1 Å². The van der Waals surface area contributed by atoms with E-state index in [9.17, 15) is 14.9 Å². The van der Waals surface area contributed by atoms with Crippen molar-refractivity contribution in [2.24, 2.45) is 5.10 Å². The average Bonchev–Trinajstić information content (AvgIpc) is 2.95. The van der Waals surface area contributed by atoms with Gasteiger partial charge in [0.15, 0.2) is 0 Å². The van der Waals surface area contributed by atoms with Crippen molar-refractivity contribution in [3.8, 4) is 5.75 Å². The Labute approximate surface area is 246 Å². The second kappa shape index (κ2) is 11.7. The van der Waals surface area contributed by atoms with Crippen LogP contribution in [0.2, 0.25) is 0 Å². The van der Waals surface area contributed by atoms with Gasteiger partial charge in [-0.3, -0.25) is 14.9 Å². The number of hydrogen-bond donors (Lipinski definition) is 0. The van der Waals surface area contributed by atoms with E-state index in [0.717, 1.165) is 27.2 Å². The van der Waals surface area contributed by atoms with E-state index in [1.807, 2.05) is 62.4 Å². The molecule has 0 aliphatic heterocycles. The highest BCUT2D eigenvalue weighted by molar-refractivity contribution is 9.10. The van der Waals surface area contributed by atoms with Crippen LogP contribution in [-0.4, -0.2) is 20.8 Å². The van der Waals surface area contributed by atoms with E-state index in [4.69, 9.17) is 9.72 Å². The van der Waals surface area contributed by atoms with Crippen LogP contribution in [0.3, 0.4) is 0 Å². The van der Waals surface area contributed by atoms with Crippen LogP contribution >= 0.6 is 31.9 Å².